The SMILES string of the molecule is CN1C(=O)CC(N)N(Cc2ccccc2)C1=O. The number of amides is 3. The van der Waals surface area contributed by atoms with Crippen molar-refractivity contribution in [2.24, 2.45) is 5.73 Å². The van der Waals surface area contributed by atoms with Crippen LogP contribution in [0, 0.1) is 0 Å². The highest BCUT2D eigenvalue weighted by Crippen LogP contribution is 2.16. The van der Waals surface area contributed by atoms with E-state index in [1.165, 1.54) is 11.9 Å². The van der Waals surface area contributed by atoms with Crippen LogP contribution in [0.1, 0.15) is 12.0 Å². The number of hydrogen-bond acceptors (Lipinski definition) is 3. The Kier molecular flexibility index (Phi) is 3.10. The molecule has 1 atom stereocenters. The summed E-state index contributed by atoms with van der Waals surface area (Å²) in [4.78, 5) is 25.9. The Bertz CT molecular complexity index is 433. The number of carbonyl (C=O) groups is 2. The van der Waals surface area contributed by atoms with Crippen molar-refractivity contribution in [2.45, 2.75) is 19.1 Å². The van der Waals surface area contributed by atoms with E-state index in [1.54, 1.807) is 0 Å². The number of nitrogens with zero attached hydrogens (tertiary/aromatic N) is 2. The molecule has 5 nitrogen and oxygen atoms in total. The molecule has 0 aromatic heterocycles. The molecule has 1 aromatic carbocycles. The molecule has 2 N–H and O–H groups in total. The molecule has 1 aliphatic rings. The Labute approximate surface area is 99.8 Å². The Morgan fingerprint density at radius 1 is 1.29 bits per heavy atom. The topological polar surface area (TPSA) is 66.6 Å². The molecular formula is C12H15N3O2. The van der Waals surface area contributed by atoms with Gasteiger partial charge in [-0.15, -0.1) is 0 Å². The largest absolute Gasteiger partial charge is 0.327 e. The van der Waals surface area contributed by atoms with Crippen LogP contribution in [0.4, 0.5) is 4.79 Å². The van der Waals surface area contributed by atoms with Crippen LogP contribution in [0.5, 0.6) is 0 Å². The second-order valence-corrected chi connectivity index (χ2v) is 4.12. The first-order chi connectivity index (χ1) is 8.09. The summed E-state index contributed by atoms with van der Waals surface area (Å²) in [6, 6.07) is 9.25. The second-order valence-electron chi connectivity index (χ2n) is 4.12. The number of imide groups is 1. The summed E-state index contributed by atoms with van der Waals surface area (Å²) < 4.78 is 0. The maximum absolute atomic E-state index is 11.9. The van der Waals surface area contributed by atoms with Gasteiger partial charge in [0, 0.05) is 13.6 Å². The molecule has 0 radical (unpaired) electrons. The molecule has 1 heterocycles. The molecule has 1 aliphatic heterocycles. The van der Waals surface area contributed by atoms with Crippen LogP contribution < -0.4 is 5.73 Å². The van der Waals surface area contributed by atoms with Crippen molar-refractivity contribution >= 4 is 11.9 Å². The van der Waals surface area contributed by atoms with Crippen molar-refractivity contribution in [1.29, 1.82) is 0 Å². The highest BCUT2D eigenvalue weighted by atomic mass is 16.2. The Morgan fingerprint density at radius 2 is 1.94 bits per heavy atom. The van der Waals surface area contributed by atoms with E-state index in [0.717, 1.165) is 10.5 Å². The van der Waals surface area contributed by atoms with Crippen molar-refractivity contribution < 1.29 is 9.59 Å². The second kappa shape index (κ2) is 4.55. The van der Waals surface area contributed by atoms with Crippen LogP contribution in [-0.4, -0.2) is 35.0 Å². The van der Waals surface area contributed by atoms with Gasteiger partial charge in [0.2, 0.25) is 5.91 Å². The predicted molar refractivity (Wildman–Crippen MR) is 62.7 cm³/mol. The zero-order valence-electron chi connectivity index (χ0n) is 9.67. The third-order valence-corrected chi connectivity index (χ3v) is 2.89. The van der Waals surface area contributed by atoms with Gasteiger partial charge in [-0.1, -0.05) is 30.3 Å². The van der Waals surface area contributed by atoms with Crippen molar-refractivity contribution in [1.82, 2.24) is 9.80 Å². The summed E-state index contributed by atoms with van der Waals surface area (Å²) in [6.07, 6.45) is -0.360. The fourth-order valence-electron chi connectivity index (χ4n) is 1.83. The molecule has 0 bridgehead atoms. The summed E-state index contributed by atoms with van der Waals surface area (Å²) in [5, 5.41) is 0. The Balaban J connectivity index is 2.15. The predicted octanol–water partition coefficient (Wildman–Crippen LogP) is 0.755. The lowest BCUT2D eigenvalue weighted by atomic mass is 10.1. The molecule has 0 spiro atoms. The van der Waals surface area contributed by atoms with E-state index in [1.807, 2.05) is 30.3 Å². The molecule has 90 valence electrons. The third-order valence-electron chi connectivity index (χ3n) is 2.89. The van der Waals surface area contributed by atoms with Gasteiger partial charge in [-0.2, -0.15) is 0 Å². The first-order valence-electron chi connectivity index (χ1n) is 5.46. The average molecular weight is 233 g/mol. The van der Waals surface area contributed by atoms with Crippen LogP contribution in [0.25, 0.3) is 0 Å². The van der Waals surface area contributed by atoms with Gasteiger partial charge in [-0.05, 0) is 5.56 Å². The smallest absolute Gasteiger partial charge is 0.311 e. The number of hydrogen-bond donors (Lipinski definition) is 1. The van der Waals surface area contributed by atoms with Gasteiger partial charge in [0.25, 0.3) is 0 Å². The lowest BCUT2D eigenvalue weighted by molar-refractivity contribution is -0.131. The maximum atomic E-state index is 11.9. The molecule has 1 aromatic rings. The average Bonchev–Trinajstić information content (AvgIpc) is 2.33. The van der Waals surface area contributed by atoms with E-state index < -0.39 is 6.17 Å². The molecule has 5 heteroatoms. The Morgan fingerprint density at radius 3 is 2.59 bits per heavy atom. The van der Waals surface area contributed by atoms with Crippen molar-refractivity contribution in [2.75, 3.05) is 7.05 Å². The highest BCUT2D eigenvalue weighted by molar-refractivity contribution is 5.96. The van der Waals surface area contributed by atoms with Gasteiger partial charge in [-0.3, -0.25) is 9.69 Å². The Hall–Kier alpha value is -1.88. The van der Waals surface area contributed by atoms with E-state index in [-0.39, 0.29) is 18.4 Å². The first-order valence-corrected chi connectivity index (χ1v) is 5.46. The van der Waals surface area contributed by atoms with Gasteiger partial charge in [0.15, 0.2) is 0 Å². The van der Waals surface area contributed by atoms with Crippen molar-refractivity contribution in [3.05, 3.63) is 35.9 Å². The third kappa shape index (κ3) is 2.29. The fraction of sp³-hybridized carbons (Fsp3) is 0.333. The van der Waals surface area contributed by atoms with E-state index in [2.05, 4.69) is 0 Å². The van der Waals surface area contributed by atoms with Crippen molar-refractivity contribution in [3.63, 3.8) is 0 Å². The monoisotopic (exact) mass is 233 g/mol. The van der Waals surface area contributed by atoms with Gasteiger partial charge in [-0.25, -0.2) is 4.79 Å². The minimum Gasteiger partial charge on any atom is -0.311 e. The zero-order valence-corrected chi connectivity index (χ0v) is 9.67. The summed E-state index contributed by atoms with van der Waals surface area (Å²) in [7, 11) is 1.48. The number of rotatable bonds is 2. The van der Waals surface area contributed by atoms with Gasteiger partial charge in [0.1, 0.15) is 0 Å². The first kappa shape index (κ1) is 11.6. The minimum absolute atomic E-state index is 0.176. The molecule has 17 heavy (non-hydrogen) atoms. The minimum atomic E-state index is -0.536. The molecule has 1 saturated heterocycles. The summed E-state index contributed by atoms with van der Waals surface area (Å²) >= 11 is 0. The molecule has 0 aliphatic carbocycles. The van der Waals surface area contributed by atoms with Gasteiger partial charge >= 0.3 is 6.03 Å². The van der Waals surface area contributed by atoms with Crippen LogP contribution >= 0.6 is 0 Å². The maximum Gasteiger partial charge on any atom is 0.327 e. The van der Waals surface area contributed by atoms with Crippen LogP contribution in [0.2, 0.25) is 0 Å². The van der Waals surface area contributed by atoms with E-state index >= 15 is 0 Å². The van der Waals surface area contributed by atoms with Crippen molar-refractivity contribution in [3.8, 4) is 0 Å². The lowest BCUT2D eigenvalue weighted by Crippen LogP contribution is -2.58. The number of urea groups is 1. The van der Waals surface area contributed by atoms with Gasteiger partial charge in [0.05, 0.1) is 12.6 Å². The molecule has 1 unspecified atom stereocenters. The molecular weight excluding hydrogens is 218 g/mol. The quantitative estimate of drug-likeness (QED) is 0.820. The van der Waals surface area contributed by atoms with Gasteiger partial charge < -0.3 is 10.6 Å². The number of carbonyl (C=O) groups excluding carboxylic acids is 2. The number of benzene rings is 1. The zero-order chi connectivity index (χ0) is 12.4. The van der Waals surface area contributed by atoms with E-state index in [0.29, 0.717) is 6.54 Å². The standard InChI is InChI=1S/C12H15N3O2/c1-14-11(16)7-10(13)15(12(14)17)8-9-5-3-2-4-6-9/h2-6,10H,7-8,13H2,1H3. The number of nitrogens with two attached hydrogens (primary N) is 1. The van der Waals surface area contributed by atoms with Crippen LogP contribution in [0.15, 0.2) is 30.3 Å². The van der Waals surface area contributed by atoms with Crippen LogP contribution in [0.3, 0.4) is 0 Å². The molecule has 2 rings (SSSR count). The normalized spacial score (nSPS) is 20.9. The summed E-state index contributed by atoms with van der Waals surface area (Å²) in [6.45, 7) is 0.429. The molecule has 0 saturated carbocycles. The highest BCUT2D eigenvalue weighted by Gasteiger charge is 2.34. The molecule has 3 amide bonds. The van der Waals surface area contributed by atoms with E-state index in [9.17, 15) is 9.59 Å². The fourth-order valence-corrected chi connectivity index (χ4v) is 1.83. The lowest BCUT2D eigenvalue weighted by Gasteiger charge is -2.36. The summed E-state index contributed by atoms with van der Waals surface area (Å²) in [5.74, 6) is -0.230. The van der Waals surface area contributed by atoms with Crippen LogP contribution in [-0.2, 0) is 11.3 Å². The summed E-state index contributed by atoms with van der Waals surface area (Å²) in [5.41, 5.74) is 6.83. The molecule has 1 fully saturated rings. The van der Waals surface area contributed by atoms with E-state index in [4.69, 9.17) is 5.73 Å².